The quantitative estimate of drug-likeness (QED) is 0.416. The molecular weight excluding hydrogens is 338 g/mol. The first kappa shape index (κ1) is 18.7. The summed E-state index contributed by atoms with van der Waals surface area (Å²) in [6, 6.07) is 32.0. The molecule has 26 heavy (non-hydrogen) atoms. The van der Waals surface area contributed by atoms with Gasteiger partial charge in [-0.15, -0.1) is 11.6 Å². The lowest BCUT2D eigenvalue weighted by Crippen LogP contribution is -2.37. The SMILES string of the molecule is CCC(C(Cl)c1ccccc1)N(Cc1ccccc1)Cc1ccccc1. The van der Waals surface area contributed by atoms with Gasteiger partial charge < -0.3 is 0 Å². The minimum atomic E-state index is -0.0337. The Kier molecular flexibility index (Phi) is 6.88. The zero-order chi connectivity index (χ0) is 18.2. The van der Waals surface area contributed by atoms with Crippen LogP contribution in [0.4, 0.5) is 0 Å². The van der Waals surface area contributed by atoms with Crippen LogP contribution < -0.4 is 0 Å². The van der Waals surface area contributed by atoms with Gasteiger partial charge >= 0.3 is 0 Å². The van der Waals surface area contributed by atoms with Crippen molar-refractivity contribution in [2.45, 2.75) is 37.9 Å². The molecule has 2 heteroatoms. The fourth-order valence-electron chi connectivity index (χ4n) is 3.44. The van der Waals surface area contributed by atoms with Crippen molar-refractivity contribution in [1.82, 2.24) is 4.90 Å². The van der Waals surface area contributed by atoms with Crippen LogP contribution in [0.1, 0.15) is 35.4 Å². The third kappa shape index (κ3) is 4.97. The van der Waals surface area contributed by atoms with E-state index >= 15 is 0 Å². The van der Waals surface area contributed by atoms with Gasteiger partial charge in [0, 0.05) is 19.1 Å². The Morgan fingerprint density at radius 1 is 0.692 bits per heavy atom. The number of rotatable bonds is 8. The van der Waals surface area contributed by atoms with Crippen LogP contribution in [0.15, 0.2) is 91.0 Å². The average molecular weight is 364 g/mol. The number of alkyl halides is 1. The zero-order valence-electron chi connectivity index (χ0n) is 15.3. The molecule has 0 fully saturated rings. The second-order valence-corrected chi connectivity index (χ2v) is 7.13. The van der Waals surface area contributed by atoms with Crippen LogP contribution >= 0.6 is 11.6 Å². The van der Waals surface area contributed by atoms with Crippen molar-refractivity contribution in [3.05, 3.63) is 108 Å². The summed E-state index contributed by atoms with van der Waals surface area (Å²) in [6.07, 6.45) is 1.00. The molecule has 0 saturated carbocycles. The topological polar surface area (TPSA) is 3.24 Å². The van der Waals surface area contributed by atoms with Crippen molar-refractivity contribution in [2.24, 2.45) is 0 Å². The molecule has 0 aromatic heterocycles. The summed E-state index contributed by atoms with van der Waals surface area (Å²) in [5.74, 6) is 0. The number of nitrogens with zero attached hydrogens (tertiary/aromatic N) is 1. The van der Waals surface area contributed by atoms with Crippen molar-refractivity contribution < 1.29 is 0 Å². The predicted molar refractivity (Wildman–Crippen MR) is 111 cm³/mol. The van der Waals surface area contributed by atoms with Crippen LogP contribution in [0.2, 0.25) is 0 Å². The molecule has 0 bridgehead atoms. The smallest absolute Gasteiger partial charge is 0.0740 e. The van der Waals surface area contributed by atoms with Gasteiger partial charge in [-0.1, -0.05) is 97.9 Å². The van der Waals surface area contributed by atoms with E-state index in [4.69, 9.17) is 11.6 Å². The lowest BCUT2D eigenvalue weighted by atomic mass is 10.00. The van der Waals surface area contributed by atoms with Gasteiger partial charge in [0.15, 0.2) is 0 Å². The minimum Gasteiger partial charge on any atom is -0.290 e. The van der Waals surface area contributed by atoms with Crippen molar-refractivity contribution in [2.75, 3.05) is 0 Å². The molecule has 0 spiro atoms. The second kappa shape index (κ2) is 9.56. The van der Waals surface area contributed by atoms with Gasteiger partial charge in [0.2, 0.25) is 0 Å². The van der Waals surface area contributed by atoms with E-state index in [0.717, 1.165) is 19.5 Å². The van der Waals surface area contributed by atoms with Gasteiger partial charge in [0.1, 0.15) is 0 Å². The number of hydrogen-bond donors (Lipinski definition) is 0. The van der Waals surface area contributed by atoms with Crippen LogP contribution in [0, 0.1) is 0 Å². The maximum absolute atomic E-state index is 6.96. The lowest BCUT2D eigenvalue weighted by Gasteiger charge is -2.34. The summed E-state index contributed by atoms with van der Waals surface area (Å²) in [5.41, 5.74) is 3.82. The first-order valence-corrected chi connectivity index (χ1v) is 9.72. The highest BCUT2D eigenvalue weighted by atomic mass is 35.5. The highest BCUT2D eigenvalue weighted by Crippen LogP contribution is 2.31. The van der Waals surface area contributed by atoms with E-state index in [9.17, 15) is 0 Å². The fourth-order valence-corrected chi connectivity index (χ4v) is 3.92. The van der Waals surface area contributed by atoms with Gasteiger partial charge in [-0.05, 0) is 23.1 Å². The van der Waals surface area contributed by atoms with Gasteiger partial charge in [-0.25, -0.2) is 0 Å². The van der Waals surface area contributed by atoms with E-state index < -0.39 is 0 Å². The van der Waals surface area contributed by atoms with Crippen molar-refractivity contribution in [3.63, 3.8) is 0 Å². The Hall–Kier alpha value is -2.09. The van der Waals surface area contributed by atoms with E-state index in [1.807, 2.05) is 6.07 Å². The summed E-state index contributed by atoms with van der Waals surface area (Å²) in [4.78, 5) is 2.51. The Bertz CT molecular complexity index is 716. The van der Waals surface area contributed by atoms with Crippen LogP contribution in [-0.4, -0.2) is 10.9 Å². The highest BCUT2D eigenvalue weighted by molar-refractivity contribution is 6.21. The van der Waals surface area contributed by atoms with Crippen LogP contribution in [0.25, 0.3) is 0 Å². The molecule has 0 radical (unpaired) electrons. The maximum atomic E-state index is 6.96. The molecule has 0 N–H and O–H groups in total. The normalized spacial score (nSPS) is 13.5. The average Bonchev–Trinajstić information content (AvgIpc) is 2.70. The van der Waals surface area contributed by atoms with Gasteiger partial charge in [0.05, 0.1) is 5.38 Å². The third-order valence-electron chi connectivity index (χ3n) is 4.80. The van der Waals surface area contributed by atoms with Gasteiger partial charge in [-0.2, -0.15) is 0 Å². The maximum Gasteiger partial charge on any atom is 0.0740 e. The van der Waals surface area contributed by atoms with Gasteiger partial charge in [0.25, 0.3) is 0 Å². The molecule has 0 aliphatic carbocycles. The van der Waals surface area contributed by atoms with Crippen molar-refractivity contribution in [1.29, 1.82) is 0 Å². The van der Waals surface area contributed by atoms with E-state index in [1.54, 1.807) is 0 Å². The highest BCUT2D eigenvalue weighted by Gasteiger charge is 2.26. The van der Waals surface area contributed by atoms with Crippen LogP contribution in [-0.2, 0) is 13.1 Å². The molecule has 134 valence electrons. The van der Waals surface area contributed by atoms with Crippen molar-refractivity contribution >= 4 is 11.6 Å². The molecule has 0 heterocycles. The first-order valence-electron chi connectivity index (χ1n) is 9.29. The van der Waals surface area contributed by atoms with E-state index in [0.29, 0.717) is 0 Å². The Morgan fingerprint density at radius 2 is 1.12 bits per heavy atom. The number of halogens is 1. The van der Waals surface area contributed by atoms with E-state index in [-0.39, 0.29) is 11.4 Å². The molecule has 0 saturated heterocycles. The molecule has 3 aromatic rings. The van der Waals surface area contributed by atoms with Gasteiger partial charge in [-0.3, -0.25) is 4.90 Å². The molecule has 3 rings (SSSR count). The number of hydrogen-bond acceptors (Lipinski definition) is 1. The molecule has 3 aromatic carbocycles. The minimum absolute atomic E-state index is 0.0337. The van der Waals surface area contributed by atoms with Crippen LogP contribution in [0.3, 0.4) is 0 Å². The Balaban J connectivity index is 1.86. The Morgan fingerprint density at radius 3 is 1.54 bits per heavy atom. The number of benzene rings is 3. The Labute approximate surface area is 162 Å². The standard InChI is InChI=1S/C24H26ClN/c1-2-23(24(25)22-16-10-5-11-17-22)26(18-20-12-6-3-7-13-20)19-21-14-8-4-9-15-21/h3-17,23-24H,2,18-19H2,1H3. The fraction of sp³-hybridized carbons (Fsp3) is 0.250. The van der Waals surface area contributed by atoms with E-state index in [2.05, 4.69) is 96.8 Å². The zero-order valence-corrected chi connectivity index (χ0v) is 16.0. The largest absolute Gasteiger partial charge is 0.290 e. The molecule has 1 nitrogen and oxygen atoms in total. The van der Waals surface area contributed by atoms with E-state index in [1.165, 1.54) is 16.7 Å². The first-order chi connectivity index (χ1) is 12.8. The molecule has 2 unspecified atom stereocenters. The second-order valence-electron chi connectivity index (χ2n) is 6.66. The summed E-state index contributed by atoms with van der Waals surface area (Å²) in [5, 5.41) is -0.0337. The third-order valence-corrected chi connectivity index (χ3v) is 5.34. The summed E-state index contributed by atoms with van der Waals surface area (Å²) in [7, 11) is 0. The summed E-state index contributed by atoms with van der Waals surface area (Å²) in [6.45, 7) is 4.01. The van der Waals surface area contributed by atoms with Crippen molar-refractivity contribution in [3.8, 4) is 0 Å². The molecule has 2 atom stereocenters. The van der Waals surface area contributed by atoms with Crippen LogP contribution in [0.5, 0.6) is 0 Å². The summed E-state index contributed by atoms with van der Waals surface area (Å²) < 4.78 is 0. The lowest BCUT2D eigenvalue weighted by molar-refractivity contribution is 0.167. The molecule has 0 amide bonds. The monoisotopic (exact) mass is 363 g/mol. The molecule has 0 aliphatic heterocycles. The molecule has 0 aliphatic rings. The predicted octanol–water partition coefficient (Wildman–Crippen LogP) is 6.45. The summed E-state index contributed by atoms with van der Waals surface area (Å²) >= 11 is 6.96. The molecular formula is C24H26ClN.